The molecule has 0 aromatic heterocycles. The second-order valence-electron chi connectivity index (χ2n) is 11.0. The Labute approximate surface area is 220 Å². The number of carboxylic acid groups (broad SMARTS) is 1. The molecule has 0 saturated heterocycles. The average molecular weight is 517 g/mol. The molecule has 0 aliphatic carbocycles. The van der Waals surface area contributed by atoms with Crippen molar-refractivity contribution in [2.75, 3.05) is 40.3 Å². The molecular weight excluding hydrogens is 460 g/mol. The molecule has 0 aromatic rings. The second kappa shape index (κ2) is 21.8. The predicted octanol–water partition coefficient (Wildman–Crippen LogP) is 2.93. The standard InChI is InChI=1S/C28H56N2O6/c1-5-6-7-8-10-13-17-25(32)26(36-23-24(2)31)18-14-11-9-12-15-19-27(33)29-20-16-21-30(3,4)22-28(34)35/h24-26,31-32H,5-23H2,1-4H3,(H-,29,33,34,35). The molecule has 0 saturated carbocycles. The van der Waals surface area contributed by atoms with Gasteiger partial charge in [-0.25, -0.2) is 0 Å². The molecule has 8 nitrogen and oxygen atoms in total. The molecule has 0 aliphatic heterocycles. The molecule has 36 heavy (non-hydrogen) atoms. The number of hydrogen-bond acceptors (Lipinski definition) is 6. The number of nitrogens with zero attached hydrogens (tertiary/aromatic N) is 1. The van der Waals surface area contributed by atoms with Crippen LogP contribution < -0.4 is 10.4 Å². The van der Waals surface area contributed by atoms with Crippen molar-refractivity contribution in [3.05, 3.63) is 0 Å². The quantitative estimate of drug-likeness (QED) is 0.127. The van der Waals surface area contributed by atoms with Gasteiger partial charge in [0.1, 0.15) is 6.54 Å². The zero-order valence-corrected chi connectivity index (χ0v) is 23.6. The molecule has 0 rings (SSSR count). The lowest BCUT2D eigenvalue weighted by Crippen LogP contribution is -2.49. The van der Waals surface area contributed by atoms with Gasteiger partial charge in [-0.3, -0.25) is 4.79 Å². The first-order valence-electron chi connectivity index (χ1n) is 14.3. The van der Waals surface area contributed by atoms with Gasteiger partial charge in [0, 0.05) is 19.4 Å². The Balaban J connectivity index is 3.95. The highest BCUT2D eigenvalue weighted by molar-refractivity contribution is 5.75. The Kier molecular flexibility index (Phi) is 21.1. The zero-order valence-electron chi connectivity index (χ0n) is 23.6. The maximum Gasteiger partial charge on any atom is 0.219 e. The molecule has 1 amide bonds. The summed E-state index contributed by atoms with van der Waals surface area (Å²) in [6.07, 6.45) is 13.6. The smallest absolute Gasteiger partial charge is 0.219 e. The summed E-state index contributed by atoms with van der Waals surface area (Å²) in [6.45, 7) is 5.36. The number of hydrogen-bond donors (Lipinski definition) is 3. The SMILES string of the molecule is CCCCCCCCC(O)C(CCCCCCCC(=O)NCCC[N+](C)(C)CC(=O)[O-])OCC(C)O. The van der Waals surface area contributed by atoms with Gasteiger partial charge in [0.2, 0.25) is 5.91 Å². The molecule has 8 heteroatoms. The van der Waals surface area contributed by atoms with Gasteiger partial charge < -0.3 is 34.7 Å². The van der Waals surface area contributed by atoms with Crippen LogP contribution in [0.4, 0.5) is 0 Å². The molecule has 214 valence electrons. The van der Waals surface area contributed by atoms with Gasteiger partial charge >= 0.3 is 0 Å². The van der Waals surface area contributed by atoms with Crippen LogP contribution >= 0.6 is 0 Å². The number of quaternary nitrogens is 1. The highest BCUT2D eigenvalue weighted by atomic mass is 16.5. The number of carbonyl (C=O) groups excluding carboxylic acids is 2. The highest BCUT2D eigenvalue weighted by Crippen LogP contribution is 2.18. The number of aliphatic hydroxyl groups is 2. The molecule has 0 aromatic carbocycles. The first-order chi connectivity index (χ1) is 17.1. The summed E-state index contributed by atoms with van der Waals surface area (Å²) in [6, 6.07) is 0. The van der Waals surface area contributed by atoms with Crippen LogP contribution in [-0.4, -0.2) is 85.2 Å². The number of aliphatic carboxylic acids is 1. The van der Waals surface area contributed by atoms with Crippen LogP contribution in [0.2, 0.25) is 0 Å². The summed E-state index contributed by atoms with van der Waals surface area (Å²) >= 11 is 0. The number of aliphatic hydroxyl groups excluding tert-OH is 2. The van der Waals surface area contributed by atoms with E-state index in [2.05, 4.69) is 12.2 Å². The third-order valence-corrected chi connectivity index (χ3v) is 6.55. The minimum Gasteiger partial charge on any atom is -0.544 e. The van der Waals surface area contributed by atoms with E-state index in [0.717, 1.165) is 64.2 Å². The third-order valence-electron chi connectivity index (χ3n) is 6.55. The first-order valence-corrected chi connectivity index (χ1v) is 14.3. The predicted molar refractivity (Wildman–Crippen MR) is 142 cm³/mol. The minimum atomic E-state index is -1.06. The molecule has 0 aliphatic rings. The maximum atomic E-state index is 12.0. The van der Waals surface area contributed by atoms with Crippen molar-refractivity contribution < 1.29 is 34.1 Å². The van der Waals surface area contributed by atoms with Gasteiger partial charge in [-0.2, -0.15) is 0 Å². The van der Waals surface area contributed by atoms with Gasteiger partial charge in [-0.1, -0.05) is 71.1 Å². The Morgan fingerprint density at radius 3 is 2.08 bits per heavy atom. The number of likely N-dealkylation sites (N-methyl/N-ethyl adjacent to an activating group) is 1. The summed E-state index contributed by atoms with van der Waals surface area (Å²) in [5, 5.41) is 33.8. The van der Waals surface area contributed by atoms with Crippen molar-refractivity contribution >= 4 is 11.9 Å². The van der Waals surface area contributed by atoms with Crippen molar-refractivity contribution in [3.63, 3.8) is 0 Å². The van der Waals surface area contributed by atoms with Crippen molar-refractivity contribution in [1.29, 1.82) is 0 Å². The molecular formula is C28H56N2O6. The van der Waals surface area contributed by atoms with E-state index in [4.69, 9.17) is 4.74 Å². The summed E-state index contributed by atoms with van der Waals surface area (Å²) in [7, 11) is 3.69. The molecule has 0 fully saturated rings. The van der Waals surface area contributed by atoms with Crippen LogP contribution in [-0.2, 0) is 14.3 Å². The van der Waals surface area contributed by atoms with Crippen molar-refractivity contribution in [3.8, 4) is 0 Å². The maximum absolute atomic E-state index is 12.0. The Hall–Kier alpha value is -1.22. The third kappa shape index (κ3) is 22.0. The highest BCUT2D eigenvalue weighted by Gasteiger charge is 2.20. The van der Waals surface area contributed by atoms with Crippen LogP contribution in [0.5, 0.6) is 0 Å². The van der Waals surface area contributed by atoms with E-state index in [0.29, 0.717) is 24.0 Å². The number of rotatable bonds is 25. The lowest BCUT2D eigenvalue weighted by molar-refractivity contribution is -0.884. The van der Waals surface area contributed by atoms with Crippen LogP contribution in [0.15, 0.2) is 0 Å². The first kappa shape index (κ1) is 34.8. The number of amides is 1. The van der Waals surface area contributed by atoms with Gasteiger partial charge in [-0.05, 0) is 26.2 Å². The number of carboxylic acids is 1. The Bertz CT molecular complexity index is 556. The molecule has 3 unspecified atom stereocenters. The molecule has 0 bridgehead atoms. The van der Waals surface area contributed by atoms with Gasteiger partial charge in [0.25, 0.3) is 0 Å². The van der Waals surface area contributed by atoms with E-state index in [1.54, 1.807) is 6.92 Å². The fraction of sp³-hybridized carbons (Fsp3) is 0.929. The van der Waals surface area contributed by atoms with Gasteiger partial charge in [0.05, 0.1) is 51.5 Å². The largest absolute Gasteiger partial charge is 0.544 e. The van der Waals surface area contributed by atoms with E-state index in [-0.39, 0.29) is 25.2 Å². The number of unbranched alkanes of at least 4 members (excludes halogenated alkanes) is 9. The molecule has 0 radical (unpaired) electrons. The topological polar surface area (TPSA) is 119 Å². The fourth-order valence-electron chi connectivity index (χ4n) is 4.38. The van der Waals surface area contributed by atoms with E-state index in [1.165, 1.54) is 25.7 Å². The molecule has 3 atom stereocenters. The second-order valence-corrected chi connectivity index (χ2v) is 11.0. The number of ether oxygens (including phenoxy) is 1. The molecule has 0 spiro atoms. The van der Waals surface area contributed by atoms with Crippen molar-refractivity contribution in [2.45, 2.75) is 128 Å². The summed E-state index contributed by atoms with van der Waals surface area (Å²) in [5.74, 6) is -1.01. The van der Waals surface area contributed by atoms with Crippen LogP contribution in [0.3, 0.4) is 0 Å². The van der Waals surface area contributed by atoms with E-state index in [9.17, 15) is 24.9 Å². The monoisotopic (exact) mass is 516 g/mol. The lowest BCUT2D eigenvalue weighted by Gasteiger charge is -2.30. The normalized spacial score (nSPS) is 14.4. The van der Waals surface area contributed by atoms with Crippen LogP contribution in [0.25, 0.3) is 0 Å². The fourth-order valence-corrected chi connectivity index (χ4v) is 4.38. The molecule has 3 N–H and O–H groups in total. The number of nitrogens with one attached hydrogen (secondary N) is 1. The lowest BCUT2D eigenvalue weighted by atomic mass is 9.99. The van der Waals surface area contributed by atoms with Crippen molar-refractivity contribution in [1.82, 2.24) is 5.32 Å². The summed E-state index contributed by atoms with van der Waals surface area (Å²) in [5.41, 5.74) is 0. The Morgan fingerprint density at radius 2 is 1.47 bits per heavy atom. The van der Waals surface area contributed by atoms with E-state index >= 15 is 0 Å². The van der Waals surface area contributed by atoms with E-state index in [1.807, 2.05) is 14.1 Å². The summed E-state index contributed by atoms with van der Waals surface area (Å²) < 4.78 is 6.17. The summed E-state index contributed by atoms with van der Waals surface area (Å²) in [4.78, 5) is 22.7. The minimum absolute atomic E-state index is 0.0283. The van der Waals surface area contributed by atoms with Gasteiger partial charge in [0.15, 0.2) is 0 Å². The van der Waals surface area contributed by atoms with Crippen LogP contribution in [0, 0.1) is 0 Å². The van der Waals surface area contributed by atoms with Gasteiger partial charge in [-0.15, -0.1) is 0 Å². The van der Waals surface area contributed by atoms with Crippen molar-refractivity contribution in [2.24, 2.45) is 0 Å². The molecule has 0 heterocycles. The van der Waals surface area contributed by atoms with Crippen LogP contribution in [0.1, 0.15) is 110 Å². The zero-order chi connectivity index (χ0) is 27.2. The van der Waals surface area contributed by atoms with E-state index < -0.39 is 18.2 Å². The number of carbonyl (C=O) groups is 2. The Morgan fingerprint density at radius 1 is 0.889 bits per heavy atom. The average Bonchev–Trinajstić information content (AvgIpc) is 2.79.